The summed E-state index contributed by atoms with van der Waals surface area (Å²) in [7, 11) is 2.00. The molecular weight excluding hydrogens is 265 g/mol. The molecule has 0 radical (unpaired) electrons. The number of para-hydroxylation sites is 1. The number of fused-ring (bicyclic) bond motifs is 2. The summed E-state index contributed by atoms with van der Waals surface area (Å²) in [6.07, 6.45) is 0.858. The number of nitrogens with one attached hydrogen (secondary N) is 1. The zero-order chi connectivity index (χ0) is 14.4. The molecule has 1 aliphatic rings. The van der Waals surface area contributed by atoms with Gasteiger partial charge in [-0.3, -0.25) is 0 Å². The number of anilines is 1. The van der Waals surface area contributed by atoms with E-state index in [9.17, 15) is 4.39 Å². The summed E-state index contributed by atoms with van der Waals surface area (Å²) < 4.78 is 15.4. The average Bonchev–Trinajstić information content (AvgIpc) is 3.02. The van der Waals surface area contributed by atoms with Crippen molar-refractivity contribution in [3.8, 4) is 0 Å². The molecule has 1 atom stereocenters. The van der Waals surface area contributed by atoms with Crippen LogP contribution in [0.25, 0.3) is 11.0 Å². The molecule has 0 spiro atoms. The van der Waals surface area contributed by atoms with Crippen molar-refractivity contribution in [2.24, 2.45) is 7.05 Å². The molecule has 3 aromatic rings. The van der Waals surface area contributed by atoms with Crippen molar-refractivity contribution in [3.63, 3.8) is 0 Å². The molecule has 21 heavy (non-hydrogen) atoms. The Hall–Kier alpha value is -2.36. The van der Waals surface area contributed by atoms with Crippen LogP contribution in [0, 0.1) is 5.82 Å². The Balaban J connectivity index is 1.71. The third kappa shape index (κ3) is 1.98. The Kier molecular flexibility index (Phi) is 2.70. The molecule has 3 nitrogen and oxygen atoms in total. The van der Waals surface area contributed by atoms with E-state index in [1.54, 1.807) is 6.07 Å². The first kappa shape index (κ1) is 12.4. The number of hydrogen-bond acceptors (Lipinski definition) is 2. The molecule has 2 aromatic carbocycles. The van der Waals surface area contributed by atoms with Crippen LogP contribution in [0.5, 0.6) is 0 Å². The van der Waals surface area contributed by atoms with Gasteiger partial charge in [-0.05, 0) is 23.8 Å². The normalized spacial score (nSPS) is 17.0. The highest BCUT2D eigenvalue weighted by molar-refractivity contribution is 5.76. The van der Waals surface area contributed by atoms with Gasteiger partial charge in [0.15, 0.2) is 0 Å². The molecule has 1 aromatic heterocycles. The Bertz CT molecular complexity index is 822. The summed E-state index contributed by atoms with van der Waals surface area (Å²) >= 11 is 0. The standard InChI is InChI=1S/C17H16FN3/c1-21-16-7-6-12(18)9-15(16)20-17(21)8-11-10-19-14-5-3-2-4-13(11)14/h2-7,9,11,19H,8,10H2,1H3. The lowest BCUT2D eigenvalue weighted by Gasteiger charge is -2.10. The highest BCUT2D eigenvalue weighted by atomic mass is 19.1. The van der Waals surface area contributed by atoms with Gasteiger partial charge in [-0.2, -0.15) is 0 Å². The molecule has 4 rings (SSSR count). The number of halogens is 1. The van der Waals surface area contributed by atoms with Crippen LogP contribution >= 0.6 is 0 Å². The fourth-order valence-corrected chi connectivity index (χ4v) is 3.17. The highest BCUT2D eigenvalue weighted by Gasteiger charge is 2.23. The van der Waals surface area contributed by atoms with E-state index in [1.165, 1.54) is 23.4 Å². The number of aromatic nitrogens is 2. The van der Waals surface area contributed by atoms with E-state index in [0.29, 0.717) is 5.92 Å². The third-order valence-electron chi connectivity index (χ3n) is 4.30. The Labute approximate surface area is 122 Å². The minimum Gasteiger partial charge on any atom is -0.384 e. The molecule has 2 heterocycles. The molecule has 0 saturated carbocycles. The van der Waals surface area contributed by atoms with Crippen LogP contribution in [0.3, 0.4) is 0 Å². The van der Waals surface area contributed by atoms with Gasteiger partial charge >= 0.3 is 0 Å². The van der Waals surface area contributed by atoms with Crippen molar-refractivity contribution in [1.29, 1.82) is 0 Å². The van der Waals surface area contributed by atoms with Crippen LogP contribution in [0.4, 0.5) is 10.1 Å². The number of rotatable bonds is 2. The predicted molar refractivity (Wildman–Crippen MR) is 82.0 cm³/mol. The summed E-state index contributed by atoms with van der Waals surface area (Å²) in [6, 6.07) is 13.2. The first-order valence-corrected chi connectivity index (χ1v) is 7.16. The van der Waals surface area contributed by atoms with Gasteiger partial charge in [0, 0.05) is 37.7 Å². The second kappa shape index (κ2) is 4.58. The Morgan fingerprint density at radius 2 is 2.14 bits per heavy atom. The molecule has 1 unspecified atom stereocenters. The smallest absolute Gasteiger partial charge is 0.125 e. The second-order valence-electron chi connectivity index (χ2n) is 5.59. The van der Waals surface area contributed by atoms with E-state index in [4.69, 9.17) is 0 Å². The molecule has 106 valence electrons. The number of benzene rings is 2. The third-order valence-corrected chi connectivity index (χ3v) is 4.30. The van der Waals surface area contributed by atoms with Gasteiger partial charge in [0.1, 0.15) is 11.6 Å². The van der Waals surface area contributed by atoms with Crippen molar-refractivity contribution >= 4 is 16.7 Å². The summed E-state index contributed by atoms with van der Waals surface area (Å²) in [5, 5.41) is 3.44. The van der Waals surface area contributed by atoms with E-state index in [1.807, 2.05) is 13.1 Å². The zero-order valence-corrected chi connectivity index (χ0v) is 11.8. The minimum absolute atomic E-state index is 0.236. The lowest BCUT2D eigenvalue weighted by Crippen LogP contribution is -2.09. The van der Waals surface area contributed by atoms with Gasteiger partial charge < -0.3 is 9.88 Å². The van der Waals surface area contributed by atoms with Crippen molar-refractivity contribution in [2.45, 2.75) is 12.3 Å². The predicted octanol–water partition coefficient (Wildman–Crippen LogP) is 3.46. The summed E-state index contributed by atoms with van der Waals surface area (Å²) in [5.74, 6) is 1.18. The first-order valence-electron chi connectivity index (χ1n) is 7.16. The number of hydrogen-bond donors (Lipinski definition) is 1. The number of nitrogens with zero attached hydrogens (tertiary/aromatic N) is 2. The minimum atomic E-state index is -0.236. The van der Waals surface area contributed by atoms with Crippen LogP contribution in [0.15, 0.2) is 42.5 Å². The number of aryl methyl sites for hydroxylation is 1. The monoisotopic (exact) mass is 281 g/mol. The maximum atomic E-state index is 13.3. The van der Waals surface area contributed by atoms with Crippen LogP contribution in [-0.2, 0) is 13.5 Å². The zero-order valence-electron chi connectivity index (χ0n) is 11.8. The molecule has 0 amide bonds. The molecule has 0 fully saturated rings. The van der Waals surface area contributed by atoms with Crippen LogP contribution in [0.2, 0.25) is 0 Å². The van der Waals surface area contributed by atoms with E-state index < -0.39 is 0 Å². The van der Waals surface area contributed by atoms with Gasteiger partial charge in [-0.15, -0.1) is 0 Å². The van der Waals surface area contributed by atoms with E-state index in [-0.39, 0.29) is 5.82 Å². The quantitative estimate of drug-likeness (QED) is 0.779. The van der Waals surface area contributed by atoms with Crippen LogP contribution < -0.4 is 5.32 Å². The molecular formula is C17H16FN3. The second-order valence-corrected chi connectivity index (χ2v) is 5.59. The Morgan fingerprint density at radius 1 is 1.29 bits per heavy atom. The largest absolute Gasteiger partial charge is 0.384 e. The van der Waals surface area contributed by atoms with E-state index in [0.717, 1.165) is 29.8 Å². The first-order chi connectivity index (χ1) is 10.2. The highest BCUT2D eigenvalue weighted by Crippen LogP contribution is 2.33. The van der Waals surface area contributed by atoms with Gasteiger partial charge in [0.05, 0.1) is 11.0 Å². The number of imidazole rings is 1. The summed E-state index contributed by atoms with van der Waals surface area (Å²) in [6.45, 7) is 0.927. The van der Waals surface area contributed by atoms with Crippen molar-refractivity contribution in [3.05, 3.63) is 59.7 Å². The van der Waals surface area contributed by atoms with E-state index >= 15 is 0 Å². The fourth-order valence-electron chi connectivity index (χ4n) is 3.17. The lowest BCUT2D eigenvalue weighted by molar-refractivity contribution is 0.629. The molecule has 0 aliphatic carbocycles. The Morgan fingerprint density at radius 3 is 3.05 bits per heavy atom. The fraction of sp³-hybridized carbons (Fsp3) is 0.235. The van der Waals surface area contributed by atoms with E-state index in [2.05, 4.69) is 33.1 Å². The van der Waals surface area contributed by atoms with Gasteiger partial charge in [-0.1, -0.05) is 18.2 Å². The van der Waals surface area contributed by atoms with Crippen LogP contribution in [-0.4, -0.2) is 16.1 Å². The lowest BCUT2D eigenvalue weighted by atomic mass is 9.98. The van der Waals surface area contributed by atoms with Crippen molar-refractivity contribution < 1.29 is 4.39 Å². The maximum absolute atomic E-state index is 13.3. The van der Waals surface area contributed by atoms with Crippen molar-refractivity contribution in [1.82, 2.24) is 9.55 Å². The van der Waals surface area contributed by atoms with Crippen LogP contribution in [0.1, 0.15) is 17.3 Å². The van der Waals surface area contributed by atoms with Crippen molar-refractivity contribution in [2.75, 3.05) is 11.9 Å². The topological polar surface area (TPSA) is 29.9 Å². The van der Waals surface area contributed by atoms with Gasteiger partial charge in [-0.25, -0.2) is 9.37 Å². The summed E-state index contributed by atoms with van der Waals surface area (Å²) in [4.78, 5) is 4.60. The summed E-state index contributed by atoms with van der Waals surface area (Å²) in [5.41, 5.74) is 4.26. The SMILES string of the molecule is Cn1c(CC2CNc3ccccc32)nc2cc(F)ccc21. The van der Waals surface area contributed by atoms with Gasteiger partial charge in [0.2, 0.25) is 0 Å². The molecule has 1 N–H and O–H groups in total. The molecule has 1 aliphatic heterocycles. The maximum Gasteiger partial charge on any atom is 0.125 e. The molecule has 0 saturated heterocycles. The molecule has 4 heteroatoms. The molecule has 0 bridgehead atoms. The average molecular weight is 281 g/mol. The van der Waals surface area contributed by atoms with Gasteiger partial charge in [0.25, 0.3) is 0 Å².